The highest BCUT2D eigenvalue weighted by Gasteiger charge is 2.42. The molecule has 0 unspecified atom stereocenters. The lowest BCUT2D eigenvalue weighted by Gasteiger charge is -2.16. The summed E-state index contributed by atoms with van der Waals surface area (Å²) in [7, 11) is 0. The molecule has 4 rings (SSSR count). The summed E-state index contributed by atoms with van der Waals surface area (Å²) in [5.74, 6) is -0.661. The van der Waals surface area contributed by atoms with E-state index in [2.05, 4.69) is 26.3 Å². The van der Waals surface area contributed by atoms with Gasteiger partial charge < -0.3 is 51.5 Å². The van der Waals surface area contributed by atoms with Crippen molar-refractivity contribution < 1.29 is 43.2 Å². The molecule has 2 aliphatic heterocycles. The Balaban J connectivity index is 0.915. The molecule has 288 valence electrons. The van der Waals surface area contributed by atoms with Crippen molar-refractivity contribution in [2.45, 2.75) is 81.5 Å². The van der Waals surface area contributed by atoms with E-state index < -0.39 is 17.8 Å². The third-order valence-electron chi connectivity index (χ3n) is 8.59. The number of ketones is 1. The molecular weight excluding hydrogens is 696 g/mol. The maximum absolute atomic E-state index is 12.4. The monoisotopic (exact) mass is 748 g/mol. The molecule has 2 fully saturated rings. The van der Waals surface area contributed by atoms with Crippen molar-refractivity contribution >= 4 is 41.1 Å². The largest absolute Gasteiger partial charge is 0.480 e. The highest BCUT2D eigenvalue weighted by atomic mass is 32.2. The summed E-state index contributed by atoms with van der Waals surface area (Å²) in [5, 5.41) is 26.4. The topological polar surface area (TPSA) is 244 Å². The number of carbonyl (C=O) groups is 4. The number of hydrogen-bond donors (Lipinski definition) is 6. The number of Topliss-reactive ketones (excluding diaryl/α,β-unsaturated/α-hetero) is 1. The van der Waals surface area contributed by atoms with E-state index in [1.807, 2.05) is 17.8 Å². The van der Waals surface area contributed by atoms with E-state index in [0.29, 0.717) is 102 Å². The van der Waals surface area contributed by atoms with Crippen LogP contribution < -0.4 is 27.4 Å². The van der Waals surface area contributed by atoms with Gasteiger partial charge in [-0.15, -0.1) is 5.10 Å². The molecule has 3 heterocycles. The number of nitrogen functional groups attached to an aromatic ring is 1. The van der Waals surface area contributed by atoms with Crippen molar-refractivity contribution in [2.75, 3.05) is 64.3 Å². The van der Waals surface area contributed by atoms with Gasteiger partial charge in [0.1, 0.15) is 11.7 Å². The van der Waals surface area contributed by atoms with Gasteiger partial charge in [0, 0.05) is 48.2 Å². The summed E-state index contributed by atoms with van der Waals surface area (Å²) in [4.78, 5) is 46.9. The van der Waals surface area contributed by atoms with Gasteiger partial charge in [-0.2, -0.15) is 11.8 Å². The average Bonchev–Trinajstić information content (AvgIpc) is 3.83. The standard InChI is InChI=1S/C34H52N8O9S/c35-26-8-7-23(18-25(26)29(43)19-27(36)33(45)46)4-3-11-51-21-24-20-42(41-40-24)10-13-49-15-17-50-16-14-48-12-9-37-31(44)6-2-1-5-30-32-28(22-52-30)38-34(47)39-32/h7-8,18,20,27-28,30,32H,1-6,9-17,19,21-22,35-36H2,(H,37,44)(H,45,46)(H2,38,39,47)/t27-,28-,30-,32-/m0/s1. The Morgan fingerprint density at radius 1 is 1.02 bits per heavy atom. The Bertz CT molecular complexity index is 1450. The molecule has 0 radical (unpaired) electrons. The van der Waals surface area contributed by atoms with E-state index in [0.717, 1.165) is 30.6 Å². The van der Waals surface area contributed by atoms with Crippen LogP contribution in [0.15, 0.2) is 24.4 Å². The van der Waals surface area contributed by atoms with Gasteiger partial charge in [-0.3, -0.25) is 14.4 Å². The normalized spacial score (nSPS) is 18.5. The molecule has 18 heteroatoms. The van der Waals surface area contributed by atoms with Crippen LogP contribution in [0.2, 0.25) is 0 Å². The third-order valence-corrected chi connectivity index (χ3v) is 10.1. The van der Waals surface area contributed by atoms with Crippen LogP contribution >= 0.6 is 11.8 Å². The van der Waals surface area contributed by atoms with Crippen LogP contribution in [0.1, 0.15) is 60.1 Å². The number of ether oxygens (including phenoxy) is 4. The van der Waals surface area contributed by atoms with E-state index in [1.54, 1.807) is 23.0 Å². The van der Waals surface area contributed by atoms with Crippen molar-refractivity contribution in [1.29, 1.82) is 0 Å². The van der Waals surface area contributed by atoms with Crippen LogP contribution in [0.25, 0.3) is 0 Å². The number of rotatable bonds is 27. The zero-order valence-corrected chi connectivity index (χ0v) is 30.3. The number of unbranched alkanes of at least 4 members (excludes halogenated alkanes) is 1. The molecule has 0 bridgehead atoms. The molecule has 4 atom stereocenters. The molecule has 2 aromatic rings. The predicted octanol–water partition coefficient (Wildman–Crippen LogP) is 0.886. The molecule has 52 heavy (non-hydrogen) atoms. The molecule has 2 saturated heterocycles. The first-order valence-corrected chi connectivity index (χ1v) is 18.8. The smallest absolute Gasteiger partial charge is 0.320 e. The maximum Gasteiger partial charge on any atom is 0.320 e. The van der Waals surface area contributed by atoms with Crippen LogP contribution in [0.3, 0.4) is 0 Å². The van der Waals surface area contributed by atoms with E-state index >= 15 is 0 Å². The van der Waals surface area contributed by atoms with Crippen LogP contribution in [0.4, 0.5) is 10.5 Å². The first-order chi connectivity index (χ1) is 25.2. The number of carboxylic acids is 1. The van der Waals surface area contributed by atoms with E-state index in [9.17, 15) is 19.2 Å². The maximum atomic E-state index is 12.4. The number of aromatic nitrogens is 3. The minimum Gasteiger partial charge on any atom is -0.480 e. The molecular formula is C34H52N8O9S. The predicted molar refractivity (Wildman–Crippen MR) is 193 cm³/mol. The number of aryl methyl sites for hydroxylation is 1. The number of aliphatic carboxylic acids is 1. The first kappa shape index (κ1) is 41.0. The molecule has 8 N–H and O–H groups in total. The Labute approximate surface area is 307 Å². The molecule has 17 nitrogen and oxygen atoms in total. The number of anilines is 1. The zero-order valence-electron chi connectivity index (χ0n) is 29.5. The Morgan fingerprint density at radius 2 is 1.79 bits per heavy atom. The van der Waals surface area contributed by atoms with Crippen molar-refractivity contribution in [2.24, 2.45) is 5.73 Å². The van der Waals surface area contributed by atoms with Crippen LogP contribution in [0.5, 0.6) is 0 Å². The Hall–Kier alpha value is -3.81. The SMILES string of the molecule is Nc1ccc(CCCOCc2cn(CCOCCOCCOCCNC(=O)CCCC[C@@H]3SC[C@@H]4NC(=O)N[C@@H]43)nn2)cc1C(=O)C[C@H](N)C(=O)O. The van der Waals surface area contributed by atoms with Gasteiger partial charge in [-0.1, -0.05) is 17.7 Å². The number of nitrogens with one attached hydrogen (secondary N) is 3. The fourth-order valence-electron chi connectivity index (χ4n) is 5.79. The van der Waals surface area contributed by atoms with Gasteiger partial charge in [0.05, 0.1) is 71.1 Å². The number of benzene rings is 1. The highest BCUT2D eigenvalue weighted by Crippen LogP contribution is 2.33. The number of amides is 3. The second-order valence-corrected chi connectivity index (χ2v) is 13.9. The highest BCUT2D eigenvalue weighted by molar-refractivity contribution is 8.00. The van der Waals surface area contributed by atoms with Gasteiger partial charge in [-0.25, -0.2) is 9.48 Å². The summed E-state index contributed by atoms with van der Waals surface area (Å²) in [6, 6.07) is 4.25. The second-order valence-electron chi connectivity index (χ2n) is 12.7. The van der Waals surface area contributed by atoms with Gasteiger partial charge in [0.2, 0.25) is 5.91 Å². The van der Waals surface area contributed by atoms with Crippen LogP contribution in [-0.4, -0.2) is 126 Å². The minimum atomic E-state index is -1.27. The number of thioether (sulfide) groups is 1. The number of hydrogen-bond acceptors (Lipinski definition) is 13. The number of nitrogens with zero attached hydrogens (tertiary/aromatic N) is 3. The first-order valence-electron chi connectivity index (χ1n) is 17.7. The second kappa shape index (κ2) is 22.3. The summed E-state index contributed by atoms with van der Waals surface area (Å²) in [6.07, 6.45) is 6.11. The lowest BCUT2D eigenvalue weighted by Crippen LogP contribution is -2.36. The van der Waals surface area contributed by atoms with E-state index in [4.69, 9.17) is 35.5 Å². The van der Waals surface area contributed by atoms with Crippen molar-refractivity contribution in [3.05, 3.63) is 41.2 Å². The molecule has 1 aromatic heterocycles. The molecule has 1 aromatic carbocycles. The molecule has 3 amide bonds. The third kappa shape index (κ3) is 14.3. The van der Waals surface area contributed by atoms with Crippen LogP contribution in [0, 0.1) is 0 Å². The molecule has 0 aliphatic carbocycles. The van der Waals surface area contributed by atoms with E-state index in [-0.39, 0.29) is 36.0 Å². The van der Waals surface area contributed by atoms with Crippen LogP contribution in [-0.2, 0) is 48.1 Å². The summed E-state index contributed by atoms with van der Waals surface area (Å²) >= 11 is 1.89. The molecule has 0 spiro atoms. The summed E-state index contributed by atoms with van der Waals surface area (Å²) in [6.45, 7) is 4.40. The summed E-state index contributed by atoms with van der Waals surface area (Å²) < 4.78 is 24.1. The summed E-state index contributed by atoms with van der Waals surface area (Å²) in [5.41, 5.74) is 13.6. The molecule has 0 saturated carbocycles. The van der Waals surface area contributed by atoms with Gasteiger partial charge in [-0.05, 0) is 43.4 Å². The average molecular weight is 749 g/mol. The Morgan fingerprint density at radius 3 is 2.58 bits per heavy atom. The quantitative estimate of drug-likeness (QED) is 0.0322. The fourth-order valence-corrected chi connectivity index (χ4v) is 7.34. The van der Waals surface area contributed by atoms with Crippen molar-refractivity contribution in [1.82, 2.24) is 30.9 Å². The number of carboxylic acid groups (broad SMARTS) is 1. The molecule has 2 aliphatic rings. The van der Waals surface area contributed by atoms with Gasteiger partial charge in [0.15, 0.2) is 5.78 Å². The number of nitrogens with two attached hydrogens (primary N) is 2. The van der Waals surface area contributed by atoms with Gasteiger partial charge >= 0.3 is 12.0 Å². The Kier molecular flexibility index (Phi) is 17.6. The van der Waals surface area contributed by atoms with Gasteiger partial charge in [0.25, 0.3) is 0 Å². The number of carbonyl (C=O) groups excluding carboxylic acids is 3. The van der Waals surface area contributed by atoms with Crippen molar-refractivity contribution in [3.8, 4) is 0 Å². The zero-order chi connectivity index (χ0) is 37.1. The number of urea groups is 1. The number of fused-ring (bicyclic) bond motifs is 1. The minimum absolute atomic E-state index is 0.0267. The lowest BCUT2D eigenvalue weighted by molar-refractivity contribution is -0.138. The lowest BCUT2D eigenvalue weighted by atomic mass is 9.98. The van der Waals surface area contributed by atoms with Crippen molar-refractivity contribution in [3.63, 3.8) is 0 Å². The fraction of sp³-hybridized carbons (Fsp3) is 0.647. The van der Waals surface area contributed by atoms with E-state index in [1.165, 1.54) is 0 Å².